The van der Waals surface area contributed by atoms with Gasteiger partial charge in [0.2, 0.25) is 11.6 Å². The minimum atomic E-state index is -0.541. The molecule has 1 aliphatic carbocycles. The Balaban J connectivity index is 1.42. The highest BCUT2D eigenvalue weighted by Gasteiger charge is 2.39. The van der Waals surface area contributed by atoms with Gasteiger partial charge in [0.05, 0.1) is 20.3 Å². The van der Waals surface area contributed by atoms with Crippen molar-refractivity contribution in [1.82, 2.24) is 9.97 Å². The Labute approximate surface area is 228 Å². The molecule has 0 atom stereocenters. The van der Waals surface area contributed by atoms with Gasteiger partial charge in [0.25, 0.3) is 0 Å². The lowest BCUT2D eigenvalue weighted by Gasteiger charge is -2.40. The molecule has 39 heavy (non-hydrogen) atoms. The second kappa shape index (κ2) is 11.1. The normalized spacial score (nSPS) is 14.6. The van der Waals surface area contributed by atoms with Gasteiger partial charge in [-0.3, -0.25) is 0 Å². The Morgan fingerprint density at radius 1 is 0.974 bits per heavy atom. The van der Waals surface area contributed by atoms with Crippen LogP contribution < -0.4 is 9.47 Å². The van der Waals surface area contributed by atoms with Crippen LogP contribution in [0.5, 0.6) is 11.6 Å². The minimum Gasteiger partial charge on any atom is -0.497 e. The Morgan fingerprint density at radius 2 is 1.72 bits per heavy atom. The third-order valence-corrected chi connectivity index (χ3v) is 6.85. The molecule has 5 rings (SSSR count). The molecular formula is C31H34N2O6. The average molecular weight is 531 g/mol. The monoisotopic (exact) mass is 530 g/mol. The van der Waals surface area contributed by atoms with Crippen molar-refractivity contribution in [2.75, 3.05) is 26.9 Å². The average Bonchev–Trinajstić information content (AvgIpc) is 3.29. The van der Waals surface area contributed by atoms with Gasteiger partial charge < -0.3 is 23.4 Å². The summed E-state index contributed by atoms with van der Waals surface area (Å²) in [6.07, 6.45) is 4.43. The molecule has 204 valence electrons. The third kappa shape index (κ3) is 6.06. The molecule has 0 aliphatic heterocycles. The van der Waals surface area contributed by atoms with Crippen LogP contribution in [0.25, 0.3) is 33.6 Å². The fourth-order valence-corrected chi connectivity index (χ4v) is 4.79. The van der Waals surface area contributed by atoms with Gasteiger partial charge in [-0.25, -0.2) is 14.8 Å². The van der Waals surface area contributed by atoms with Crippen LogP contribution in [0.3, 0.4) is 0 Å². The molecule has 2 heterocycles. The number of hydrogen-bond donors (Lipinski definition) is 0. The number of benzene rings is 2. The van der Waals surface area contributed by atoms with Crippen molar-refractivity contribution in [2.24, 2.45) is 5.41 Å². The van der Waals surface area contributed by atoms with Crippen molar-refractivity contribution in [2.45, 2.75) is 45.6 Å². The van der Waals surface area contributed by atoms with E-state index in [-0.39, 0.29) is 18.0 Å². The van der Waals surface area contributed by atoms with Gasteiger partial charge in [0, 0.05) is 16.5 Å². The van der Waals surface area contributed by atoms with Gasteiger partial charge in [-0.1, -0.05) is 48.9 Å². The van der Waals surface area contributed by atoms with Crippen LogP contribution in [0.4, 0.5) is 0 Å². The fraction of sp³-hybridized carbons (Fsp3) is 0.387. The standard InChI is InChI=1S/C31H34N2O6/c1-30(2,3)39-24(34)17-36-18-31(15-8-16-31)19-37-28-26-25(21-11-13-23(35-4)14-12-21)27(22-9-6-5-7-10-22)38-29(26)33-20-32-28/h5-7,9-14,20H,8,15-19H2,1-4H3. The largest absolute Gasteiger partial charge is 0.497 e. The molecule has 0 radical (unpaired) electrons. The molecule has 8 nitrogen and oxygen atoms in total. The summed E-state index contributed by atoms with van der Waals surface area (Å²) in [6, 6.07) is 17.7. The number of fused-ring (bicyclic) bond motifs is 1. The van der Waals surface area contributed by atoms with E-state index in [0.717, 1.165) is 41.7 Å². The maximum absolute atomic E-state index is 12.1. The first-order valence-electron chi connectivity index (χ1n) is 13.2. The van der Waals surface area contributed by atoms with Crippen LogP contribution in [0.2, 0.25) is 0 Å². The number of aromatic nitrogens is 2. The van der Waals surface area contributed by atoms with Crippen LogP contribution >= 0.6 is 0 Å². The molecule has 0 spiro atoms. The number of methoxy groups -OCH3 is 1. The molecule has 1 saturated carbocycles. The number of nitrogens with zero attached hydrogens (tertiary/aromatic N) is 2. The molecule has 1 aliphatic rings. The summed E-state index contributed by atoms with van der Waals surface area (Å²) >= 11 is 0. The van der Waals surface area contributed by atoms with Crippen LogP contribution in [0, 0.1) is 5.41 Å². The summed E-state index contributed by atoms with van der Waals surface area (Å²) < 4.78 is 29.2. The van der Waals surface area contributed by atoms with Gasteiger partial charge in [-0.05, 0) is 51.3 Å². The van der Waals surface area contributed by atoms with Crippen molar-refractivity contribution in [3.05, 3.63) is 60.9 Å². The Morgan fingerprint density at radius 3 is 2.36 bits per heavy atom. The number of esters is 1. The predicted octanol–water partition coefficient (Wildman–Crippen LogP) is 6.47. The van der Waals surface area contributed by atoms with Gasteiger partial charge in [-0.15, -0.1) is 0 Å². The topological polar surface area (TPSA) is 92.9 Å². The van der Waals surface area contributed by atoms with Crippen molar-refractivity contribution in [1.29, 1.82) is 0 Å². The van der Waals surface area contributed by atoms with E-state index in [1.165, 1.54) is 6.33 Å². The third-order valence-electron chi connectivity index (χ3n) is 6.85. The summed E-state index contributed by atoms with van der Waals surface area (Å²) in [4.78, 5) is 21.0. The number of ether oxygens (including phenoxy) is 4. The Kier molecular flexibility index (Phi) is 7.57. The number of carbonyl (C=O) groups excluding carboxylic acids is 1. The first kappa shape index (κ1) is 26.7. The number of hydrogen-bond acceptors (Lipinski definition) is 8. The Bertz CT molecular complexity index is 1420. The van der Waals surface area contributed by atoms with E-state index in [4.69, 9.17) is 23.4 Å². The molecule has 0 bridgehead atoms. The molecule has 0 N–H and O–H groups in total. The lowest BCUT2D eigenvalue weighted by molar-refractivity contribution is -0.162. The second-order valence-corrected chi connectivity index (χ2v) is 11.0. The molecule has 0 unspecified atom stereocenters. The highest BCUT2D eigenvalue weighted by molar-refractivity contribution is 6.03. The molecule has 1 fully saturated rings. The molecule has 2 aromatic heterocycles. The van der Waals surface area contributed by atoms with Crippen molar-refractivity contribution in [3.8, 4) is 34.1 Å². The zero-order valence-electron chi connectivity index (χ0n) is 22.9. The maximum Gasteiger partial charge on any atom is 0.332 e. The van der Waals surface area contributed by atoms with E-state index < -0.39 is 5.60 Å². The van der Waals surface area contributed by atoms with Crippen LogP contribution in [-0.4, -0.2) is 48.5 Å². The van der Waals surface area contributed by atoms with Gasteiger partial charge in [0.15, 0.2) is 0 Å². The fourth-order valence-electron chi connectivity index (χ4n) is 4.79. The summed E-state index contributed by atoms with van der Waals surface area (Å²) in [6.45, 7) is 6.25. The lowest BCUT2D eigenvalue weighted by Crippen LogP contribution is -2.41. The number of furan rings is 1. The van der Waals surface area contributed by atoms with E-state index in [2.05, 4.69) is 9.97 Å². The first-order chi connectivity index (χ1) is 18.8. The van der Waals surface area contributed by atoms with Crippen LogP contribution in [-0.2, 0) is 14.3 Å². The van der Waals surface area contributed by atoms with Crippen LogP contribution in [0.1, 0.15) is 40.0 Å². The zero-order chi connectivity index (χ0) is 27.5. The second-order valence-electron chi connectivity index (χ2n) is 11.0. The van der Waals surface area contributed by atoms with Gasteiger partial charge in [0.1, 0.15) is 35.4 Å². The van der Waals surface area contributed by atoms with Crippen molar-refractivity contribution in [3.63, 3.8) is 0 Å². The smallest absolute Gasteiger partial charge is 0.332 e. The minimum absolute atomic E-state index is 0.0828. The molecule has 0 amide bonds. The molecule has 8 heteroatoms. The van der Waals surface area contributed by atoms with E-state index >= 15 is 0 Å². The predicted molar refractivity (Wildman–Crippen MR) is 148 cm³/mol. The molecular weight excluding hydrogens is 496 g/mol. The first-order valence-corrected chi connectivity index (χ1v) is 13.2. The zero-order valence-corrected chi connectivity index (χ0v) is 22.9. The summed E-state index contributed by atoms with van der Waals surface area (Å²) in [7, 11) is 1.64. The molecule has 4 aromatic rings. The lowest BCUT2D eigenvalue weighted by atomic mass is 9.70. The Hall–Kier alpha value is -3.91. The quantitative estimate of drug-likeness (QED) is 0.215. The number of rotatable bonds is 10. The van der Waals surface area contributed by atoms with E-state index in [1.54, 1.807) is 7.11 Å². The number of carbonyl (C=O) groups is 1. The van der Waals surface area contributed by atoms with Gasteiger partial charge in [-0.2, -0.15) is 0 Å². The van der Waals surface area contributed by atoms with E-state index in [1.807, 2.05) is 75.4 Å². The summed E-state index contributed by atoms with van der Waals surface area (Å²) in [5, 5.41) is 0.714. The SMILES string of the molecule is COc1ccc(-c2c(-c3ccccc3)oc3ncnc(OCC4(COCC(=O)OC(C)(C)C)CCC4)c23)cc1. The van der Waals surface area contributed by atoms with Gasteiger partial charge >= 0.3 is 5.97 Å². The van der Waals surface area contributed by atoms with Crippen LogP contribution in [0.15, 0.2) is 65.3 Å². The van der Waals surface area contributed by atoms with Crippen molar-refractivity contribution < 1.29 is 28.2 Å². The molecule has 0 saturated heterocycles. The van der Waals surface area contributed by atoms with E-state index in [0.29, 0.717) is 36.0 Å². The van der Waals surface area contributed by atoms with E-state index in [9.17, 15) is 4.79 Å². The highest BCUT2D eigenvalue weighted by Crippen LogP contribution is 2.45. The summed E-state index contributed by atoms with van der Waals surface area (Å²) in [5.74, 6) is 1.54. The molecule has 2 aromatic carbocycles. The maximum atomic E-state index is 12.1. The van der Waals surface area contributed by atoms with Crippen molar-refractivity contribution >= 4 is 17.1 Å². The highest BCUT2D eigenvalue weighted by atomic mass is 16.6. The summed E-state index contributed by atoms with van der Waals surface area (Å²) in [5.41, 5.74) is 2.45.